The quantitative estimate of drug-likeness (QED) is 0.674. The van der Waals surface area contributed by atoms with Crippen molar-refractivity contribution in [1.82, 2.24) is 5.43 Å². The van der Waals surface area contributed by atoms with Crippen molar-refractivity contribution in [3.05, 3.63) is 35.4 Å². The van der Waals surface area contributed by atoms with E-state index < -0.39 is 33.4 Å². The van der Waals surface area contributed by atoms with Crippen LogP contribution in [0.15, 0.2) is 29.4 Å². The number of halogens is 3. The zero-order chi connectivity index (χ0) is 16.4. The number of nitrogens with zero attached hydrogens (tertiary/aromatic N) is 1. The molecule has 1 saturated heterocycles. The van der Waals surface area contributed by atoms with Gasteiger partial charge in [-0.3, -0.25) is 4.79 Å². The molecule has 1 aromatic carbocycles. The molecule has 9 heteroatoms. The number of carbonyl (C=O) groups is 1. The summed E-state index contributed by atoms with van der Waals surface area (Å²) in [5, 5.41) is 3.49. The van der Waals surface area contributed by atoms with Gasteiger partial charge < -0.3 is 0 Å². The summed E-state index contributed by atoms with van der Waals surface area (Å²) in [7, 11) is -3.21. The van der Waals surface area contributed by atoms with Gasteiger partial charge in [0.25, 0.3) is 0 Å². The lowest BCUT2D eigenvalue weighted by Crippen LogP contribution is -2.27. The SMILES string of the molecule is O=C(N/N=C\c1ccccc1C(F)(F)F)[C@H]1CCS(=O)(=O)C1. The van der Waals surface area contributed by atoms with Gasteiger partial charge in [0, 0.05) is 5.56 Å². The lowest BCUT2D eigenvalue weighted by molar-refractivity contribution is -0.137. The highest BCUT2D eigenvalue weighted by molar-refractivity contribution is 7.91. The third kappa shape index (κ3) is 4.06. The summed E-state index contributed by atoms with van der Waals surface area (Å²) in [5.74, 6) is -1.64. The lowest BCUT2D eigenvalue weighted by Gasteiger charge is -2.09. The fraction of sp³-hybridized carbons (Fsp3) is 0.385. The predicted molar refractivity (Wildman–Crippen MR) is 73.9 cm³/mol. The fourth-order valence-corrected chi connectivity index (χ4v) is 3.87. The van der Waals surface area contributed by atoms with Crippen LogP contribution in [0.3, 0.4) is 0 Å². The minimum atomic E-state index is -4.52. The summed E-state index contributed by atoms with van der Waals surface area (Å²) >= 11 is 0. The summed E-state index contributed by atoms with van der Waals surface area (Å²) in [6, 6.07) is 4.80. The average Bonchev–Trinajstić information content (AvgIpc) is 2.78. The highest BCUT2D eigenvalue weighted by atomic mass is 32.2. The Hall–Kier alpha value is -1.90. The number of hydrogen-bond donors (Lipinski definition) is 1. The zero-order valence-electron chi connectivity index (χ0n) is 11.3. The van der Waals surface area contributed by atoms with Gasteiger partial charge in [-0.1, -0.05) is 18.2 Å². The Morgan fingerprint density at radius 3 is 2.59 bits per heavy atom. The first-order valence-corrected chi connectivity index (χ1v) is 8.21. The van der Waals surface area contributed by atoms with Crippen molar-refractivity contribution >= 4 is 22.0 Å². The molecular weight excluding hydrogens is 321 g/mol. The molecule has 0 radical (unpaired) electrons. The molecule has 1 fully saturated rings. The minimum Gasteiger partial charge on any atom is -0.273 e. The van der Waals surface area contributed by atoms with Gasteiger partial charge in [0.2, 0.25) is 5.91 Å². The van der Waals surface area contributed by atoms with Crippen LogP contribution in [0.1, 0.15) is 17.5 Å². The maximum atomic E-state index is 12.7. The molecule has 0 saturated carbocycles. The maximum absolute atomic E-state index is 12.7. The molecule has 0 unspecified atom stereocenters. The molecule has 1 aliphatic rings. The summed E-state index contributed by atoms with van der Waals surface area (Å²) in [6.45, 7) is 0. The van der Waals surface area contributed by atoms with Gasteiger partial charge in [-0.2, -0.15) is 18.3 Å². The van der Waals surface area contributed by atoms with Gasteiger partial charge in [0.15, 0.2) is 9.84 Å². The van der Waals surface area contributed by atoms with Crippen molar-refractivity contribution in [2.75, 3.05) is 11.5 Å². The van der Waals surface area contributed by atoms with Gasteiger partial charge in [0.05, 0.1) is 29.2 Å². The van der Waals surface area contributed by atoms with Crippen molar-refractivity contribution in [3.63, 3.8) is 0 Å². The molecule has 2 rings (SSSR count). The topological polar surface area (TPSA) is 75.6 Å². The van der Waals surface area contributed by atoms with E-state index in [1.807, 2.05) is 0 Å². The van der Waals surface area contributed by atoms with E-state index >= 15 is 0 Å². The Bertz CT molecular complexity index is 699. The Labute approximate surface area is 125 Å². The van der Waals surface area contributed by atoms with Crippen LogP contribution < -0.4 is 5.43 Å². The Morgan fingerprint density at radius 1 is 1.32 bits per heavy atom. The van der Waals surface area contributed by atoms with E-state index in [0.717, 1.165) is 12.3 Å². The van der Waals surface area contributed by atoms with Crippen LogP contribution in [0.4, 0.5) is 13.2 Å². The third-order valence-corrected chi connectivity index (χ3v) is 5.02. The summed E-state index contributed by atoms with van der Waals surface area (Å²) in [4.78, 5) is 11.7. The molecule has 0 aliphatic carbocycles. The molecule has 0 aromatic heterocycles. The molecular formula is C13H13F3N2O3S. The number of carbonyl (C=O) groups excluding carboxylic acids is 1. The third-order valence-electron chi connectivity index (χ3n) is 3.25. The number of hydrogen-bond acceptors (Lipinski definition) is 4. The van der Waals surface area contributed by atoms with Crippen molar-refractivity contribution in [2.45, 2.75) is 12.6 Å². The molecule has 120 valence electrons. The van der Waals surface area contributed by atoms with Gasteiger partial charge >= 0.3 is 6.18 Å². The smallest absolute Gasteiger partial charge is 0.273 e. The van der Waals surface area contributed by atoms with Crippen LogP contribution in [0.5, 0.6) is 0 Å². The van der Waals surface area contributed by atoms with E-state index in [4.69, 9.17) is 0 Å². The number of rotatable bonds is 3. The maximum Gasteiger partial charge on any atom is 0.417 e. The number of hydrazone groups is 1. The molecule has 1 aromatic rings. The van der Waals surface area contributed by atoms with Crippen LogP contribution >= 0.6 is 0 Å². The number of alkyl halides is 3. The largest absolute Gasteiger partial charge is 0.417 e. The van der Waals surface area contributed by atoms with Crippen LogP contribution in [0.2, 0.25) is 0 Å². The molecule has 1 heterocycles. The van der Waals surface area contributed by atoms with Crippen molar-refractivity contribution in [2.24, 2.45) is 11.0 Å². The van der Waals surface area contributed by atoms with E-state index in [0.29, 0.717) is 0 Å². The average molecular weight is 334 g/mol. The lowest BCUT2D eigenvalue weighted by atomic mass is 10.1. The van der Waals surface area contributed by atoms with Gasteiger partial charge in [-0.25, -0.2) is 13.8 Å². The van der Waals surface area contributed by atoms with Gasteiger partial charge in [-0.05, 0) is 12.5 Å². The van der Waals surface area contributed by atoms with Crippen molar-refractivity contribution in [3.8, 4) is 0 Å². The Morgan fingerprint density at radius 2 is 2.00 bits per heavy atom. The number of nitrogens with one attached hydrogen (secondary N) is 1. The molecule has 22 heavy (non-hydrogen) atoms. The van der Waals surface area contributed by atoms with Crippen LogP contribution in [-0.2, 0) is 20.8 Å². The molecule has 1 N–H and O–H groups in total. The van der Waals surface area contributed by atoms with Crippen molar-refractivity contribution < 1.29 is 26.4 Å². The van der Waals surface area contributed by atoms with Crippen molar-refractivity contribution in [1.29, 1.82) is 0 Å². The second-order valence-corrected chi connectivity index (χ2v) is 7.15. The summed E-state index contributed by atoms with van der Waals surface area (Å²) in [5.41, 5.74) is 1.04. The first-order valence-electron chi connectivity index (χ1n) is 6.38. The molecule has 0 spiro atoms. The first kappa shape index (κ1) is 16.5. The second kappa shape index (κ2) is 6.07. The molecule has 1 aliphatic heterocycles. The minimum absolute atomic E-state index is 0.0638. The molecule has 0 bridgehead atoms. The summed E-state index contributed by atoms with van der Waals surface area (Å²) in [6.07, 6.45) is -3.43. The van der Waals surface area contributed by atoms with Gasteiger partial charge in [0.1, 0.15) is 0 Å². The first-order chi connectivity index (χ1) is 10.2. The number of sulfone groups is 1. The number of amides is 1. The Balaban J connectivity index is 2.03. The highest BCUT2D eigenvalue weighted by Crippen LogP contribution is 2.31. The van der Waals surface area contributed by atoms with E-state index in [-0.39, 0.29) is 23.5 Å². The fourth-order valence-electron chi connectivity index (χ4n) is 2.13. The van der Waals surface area contributed by atoms with E-state index in [1.54, 1.807) is 0 Å². The van der Waals surface area contributed by atoms with Crippen LogP contribution in [0.25, 0.3) is 0 Å². The normalized spacial score (nSPS) is 21.1. The zero-order valence-corrected chi connectivity index (χ0v) is 12.1. The predicted octanol–water partition coefficient (Wildman–Crippen LogP) is 1.59. The second-order valence-electron chi connectivity index (χ2n) is 4.92. The Kier molecular flexibility index (Phi) is 4.55. The van der Waals surface area contributed by atoms with E-state index in [2.05, 4.69) is 10.5 Å². The van der Waals surface area contributed by atoms with E-state index in [9.17, 15) is 26.4 Å². The van der Waals surface area contributed by atoms with Gasteiger partial charge in [-0.15, -0.1) is 0 Å². The van der Waals surface area contributed by atoms with E-state index in [1.165, 1.54) is 18.2 Å². The molecule has 5 nitrogen and oxygen atoms in total. The van der Waals surface area contributed by atoms with Crippen LogP contribution in [-0.4, -0.2) is 32.0 Å². The van der Waals surface area contributed by atoms with Crippen LogP contribution in [0, 0.1) is 5.92 Å². The number of benzene rings is 1. The standard InChI is InChI=1S/C13H13F3N2O3S/c14-13(15,16)11-4-2-1-3-9(11)7-17-18-12(19)10-5-6-22(20,21)8-10/h1-4,7,10H,5-6,8H2,(H,18,19)/b17-7-/t10-/m0/s1. The molecule has 1 amide bonds. The monoisotopic (exact) mass is 334 g/mol. The highest BCUT2D eigenvalue weighted by Gasteiger charge is 2.33. The molecule has 1 atom stereocenters. The summed E-state index contributed by atoms with van der Waals surface area (Å²) < 4.78 is 60.8.